The quantitative estimate of drug-likeness (QED) is 0.511. The summed E-state index contributed by atoms with van der Waals surface area (Å²) in [4.78, 5) is 4.43. The number of hydrogen-bond acceptors (Lipinski definition) is 0. The van der Waals surface area contributed by atoms with Gasteiger partial charge < -0.3 is 0 Å². The van der Waals surface area contributed by atoms with Gasteiger partial charge in [0.2, 0.25) is 0 Å². The van der Waals surface area contributed by atoms with E-state index in [9.17, 15) is 0 Å². The molecule has 0 radical (unpaired) electrons. The van der Waals surface area contributed by atoms with E-state index in [-0.39, 0.29) is 5.54 Å². The standard InChI is InChI=1S/C21H32N/c1-12-10-15-11-13(2)16-8-9-21(4,22-5)18-7-6-17(14(12)3)19(15)20(16)18/h5,10,13-20H,6-9,11H2,1-4H3/q+1. The summed E-state index contributed by atoms with van der Waals surface area (Å²) in [6.45, 7) is 15.6. The normalized spacial score (nSPS) is 56.6. The van der Waals surface area contributed by atoms with Crippen LogP contribution >= 0.6 is 0 Å². The molecule has 0 aromatic rings. The summed E-state index contributed by atoms with van der Waals surface area (Å²) in [5.41, 5.74) is 1.71. The molecule has 0 aromatic carbocycles. The van der Waals surface area contributed by atoms with E-state index >= 15 is 0 Å². The van der Waals surface area contributed by atoms with Crippen LogP contribution in [0.3, 0.4) is 0 Å². The average Bonchev–Trinajstić information content (AvgIpc) is 2.51. The number of allylic oxidation sites excluding steroid dienone is 2. The molecule has 0 saturated heterocycles. The van der Waals surface area contributed by atoms with Crippen LogP contribution in [0.15, 0.2) is 11.6 Å². The molecule has 0 N–H and O–H groups in total. The topological polar surface area (TPSA) is 4.36 Å². The van der Waals surface area contributed by atoms with Crippen molar-refractivity contribution in [1.29, 1.82) is 0 Å². The van der Waals surface area contributed by atoms with Crippen LogP contribution in [0.5, 0.6) is 0 Å². The van der Waals surface area contributed by atoms with Gasteiger partial charge in [-0.05, 0) is 74.0 Å². The maximum Gasteiger partial charge on any atom is 0.281 e. The highest BCUT2D eigenvalue weighted by atomic mass is 14.8. The van der Waals surface area contributed by atoms with Gasteiger partial charge >= 0.3 is 0 Å². The third kappa shape index (κ3) is 1.82. The molecule has 9 unspecified atom stereocenters. The molecule has 22 heavy (non-hydrogen) atoms. The minimum atomic E-state index is 0.0488. The van der Waals surface area contributed by atoms with Gasteiger partial charge in [0.25, 0.3) is 12.1 Å². The molecule has 0 spiro atoms. The van der Waals surface area contributed by atoms with Crippen molar-refractivity contribution in [1.82, 2.24) is 0 Å². The molecule has 9 atom stereocenters. The van der Waals surface area contributed by atoms with E-state index in [1.807, 2.05) is 0 Å². The molecule has 3 fully saturated rings. The molecule has 120 valence electrons. The van der Waals surface area contributed by atoms with E-state index in [0.29, 0.717) is 0 Å². The Labute approximate surface area is 136 Å². The van der Waals surface area contributed by atoms with Crippen LogP contribution in [0.4, 0.5) is 0 Å². The van der Waals surface area contributed by atoms with Gasteiger partial charge in [0.15, 0.2) is 0 Å². The smallest absolute Gasteiger partial charge is 0.0819 e. The van der Waals surface area contributed by atoms with Crippen LogP contribution in [-0.4, -0.2) is 5.54 Å². The fourth-order valence-electron chi connectivity index (χ4n) is 7.23. The summed E-state index contributed by atoms with van der Waals surface area (Å²) in [7, 11) is 0. The van der Waals surface area contributed by atoms with Crippen molar-refractivity contribution in [3.63, 3.8) is 0 Å². The van der Waals surface area contributed by atoms with Crippen molar-refractivity contribution in [2.45, 2.75) is 65.3 Å². The first-order valence-corrected chi connectivity index (χ1v) is 9.56. The number of nitrogens with zero attached hydrogens (tertiary/aromatic N) is 1. The Kier molecular flexibility index (Phi) is 3.27. The lowest BCUT2D eigenvalue weighted by atomic mass is 9.43. The second-order valence-electron chi connectivity index (χ2n) is 9.27. The van der Waals surface area contributed by atoms with E-state index in [4.69, 9.17) is 6.57 Å². The lowest BCUT2D eigenvalue weighted by Crippen LogP contribution is -2.58. The molecular formula is C21H32N+. The van der Waals surface area contributed by atoms with Gasteiger partial charge in [-0.2, -0.15) is 0 Å². The predicted molar refractivity (Wildman–Crippen MR) is 92.8 cm³/mol. The third-order valence-electron chi connectivity index (χ3n) is 8.49. The Morgan fingerprint density at radius 2 is 1.91 bits per heavy atom. The minimum Gasteiger partial charge on any atom is -0.0819 e. The second kappa shape index (κ2) is 4.86. The maximum absolute atomic E-state index is 5.91. The average molecular weight is 298 g/mol. The van der Waals surface area contributed by atoms with Crippen LogP contribution in [0, 0.1) is 53.9 Å². The summed E-state index contributed by atoms with van der Waals surface area (Å²) in [6, 6.07) is 0. The molecule has 0 heterocycles. The lowest BCUT2D eigenvalue weighted by Gasteiger charge is -2.60. The highest BCUT2D eigenvalue weighted by molar-refractivity contribution is 5.21. The molecule has 4 aliphatic rings. The van der Waals surface area contributed by atoms with Crippen molar-refractivity contribution in [2.75, 3.05) is 0 Å². The SMILES string of the molecule is C#[N+]C1(C)CCC2C(C)CC3C=C(C)C(C)C4CCC1C2C34. The first-order valence-electron chi connectivity index (χ1n) is 9.56. The van der Waals surface area contributed by atoms with Gasteiger partial charge in [-0.25, -0.2) is 0 Å². The Balaban J connectivity index is 1.78. The summed E-state index contributed by atoms with van der Waals surface area (Å²) in [5.74, 6) is 6.90. The Morgan fingerprint density at radius 1 is 1.14 bits per heavy atom. The van der Waals surface area contributed by atoms with Crippen LogP contribution in [0.25, 0.3) is 4.85 Å². The first-order chi connectivity index (χ1) is 10.5. The van der Waals surface area contributed by atoms with Gasteiger partial charge in [0, 0.05) is 19.3 Å². The van der Waals surface area contributed by atoms with E-state index in [1.165, 1.54) is 32.1 Å². The molecule has 4 aliphatic carbocycles. The molecule has 0 amide bonds. The summed E-state index contributed by atoms with van der Waals surface area (Å²) >= 11 is 0. The van der Waals surface area contributed by atoms with E-state index in [1.54, 1.807) is 5.57 Å². The summed E-state index contributed by atoms with van der Waals surface area (Å²) in [6.07, 6.45) is 9.41. The molecule has 0 aromatic heterocycles. The predicted octanol–water partition coefficient (Wildman–Crippen LogP) is 5.63. The molecule has 0 aliphatic heterocycles. The minimum absolute atomic E-state index is 0.0488. The van der Waals surface area contributed by atoms with Gasteiger partial charge in [-0.15, -0.1) is 0 Å². The monoisotopic (exact) mass is 298 g/mol. The van der Waals surface area contributed by atoms with Crippen LogP contribution < -0.4 is 0 Å². The van der Waals surface area contributed by atoms with Crippen LogP contribution in [0.1, 0.15) is 59.8 Å². The van der Waals surface area contributed by atoms with Crippen molar-refractivity contribution in [3.8, 4) is 6.57 Å². The molecular weight excluding hydrogens is 266 g/mol. The molecule has 4 rings (SSSR count). The van der Waals surface area contributed by atoms with Crippen molar-refractivity contribution < 1.29 is 0 Å². The van der Waals surface area contributed by atoms with Crippen molar-refractivity contribution >= 4 is 0 Å². The molecule has 1 heteroatoms. The fraction of sp³-hybridized carbons (Fsp3) is 0.857. The number of hydrogen-bond donors (Lipinski definition) is 0. The van der Waals surface area contributed by atoms with Gasteiger partial charge in [0.1, 0.15) is 0 Å². The Bertz CT molecular complexity index is 541. The maximum atomic E-state index is 5.91. The van der Waals surface area contributed by atoms with Crippen molar-refractivity contribution in [3.05, 3.63) is 16.5 Å². The summed E-state index contributed by atoms with van der Waals surface area (Å²) in [5, 5.41) is 0. The molecule has 1 nitrogen and oxygen atoms in total. The zero-order valence-corrected chi connectivity index (χ0v) is 14.8. The molecule has 3 saturated carbocycles. The molecule has 0 bridgehead atoms. The van der Waals surface area contributed by atoms with Crippen LogP contribution in [-0.2, 0) is 0 Å². The Hall–Kier alpha value is -0.770. The van der Waals surface area contributed by atoms with Crippen LogP contribution in [0.2, 0.25) is 0 Å². The first kappa shape index (κ1) is 14.8. The van der Waals surface area contributed by atoms with E-state index < -0.39 is 0 Å². The highest BCUT2D eigenvalue weighted by Crippen LogP contribution is 2.64. The summed E-state index contributed by atoms with van der Waals surface area (Å²) < 4.78 is 0. The zero-order valence-electron chi connectivity index (χ0n) is 14.8. The fourth-order valence-corrected chi connectivity index (χ4v) is 7.23. The zero-order chi connectivity index (χ0) is 15.6. The lowest BCUT2D eigenvalue weighted by molar-refractivity contribution is -0.101. The van der Waals surface area contributed by atoms with E-state index in [0.717, 1.165) is 47.3 Å². The Morgan fingerprint density at radius 3 is 2.64 bits per heavy atom. The highest BCUT2D eigenvalue weighted by Gasteiger charge is 2.62. The van der Waals surface area contributed by atoms with Crippen molar-refractivity contribution in [2.24, 2.45) is 47.3 Å². The largest absolute Gasteiger partial charge is 0.281 e. The second-order valence-corrected chi connectivity index (χ2v) is 9.27. The number of rotatable bonds is 0. The van der Waals surface area contributed by atoms with E-state index in [2.05, 4.69) is 38.6 Å². The van der Waals surface area contributed by atoms with Gasteiger partial charge in [0.05, 0.1) is 0 Å². The van der Waals surface area contributed by atoms with Gasteiger partial charge in [-0.1, -0.05) is 30.3 Å². The van der Waals surface area contributed by atoms with Gasteiger partial charge in [-0.3, -0.25) is 0 Å². The third-order valence-corrected chi connectivity index (χ3v) is 8.49.